The van der Waals surface area contributed by atoms with Gasteiger partial charge in [-0.05, 0) is 37.6 Å². The quantitative estimate of drug-likeness (QED) is 0.391. The van der Waals surface area contributed by atoms with Gasteiger partial charge in [-0.1, -0.05) is 53.5 Å². The van der Waals surface area contributed by atoms with Crippen LogP contribution in [0.4, 0.5) is 5.82 Å². The van der Waals surface area contributed by atoms with Crippen LogP contribution in [0.15, 0.2) is 40.4 Å². The van der Waals surface area contributed by atoms with Crippen molar-refractivity contribution in [3.8, 4) is 0 Å². The Labute approximate surface area is 186 Å². The van der Waals surface area contributed by atoms with E-state index in [-0.39, 0.29) is 22.3 Å². The summed E-state index contributed by atoms with van der Waals surface area (Å²) in [5, 5.41) is 4.15. The first kappa shape index (κ1) is 21.9. The molecule has 0 spiro atoms. The van der Waals surface area contributed by atoms with Crippen molar-refractivity contribution in [3.63, 3.8) is 0 Å². The minimum absolute atomic E-state index is 0.161. The molecule has 2 heterocycles. The van der Waals surface area contributed by atoms with Gasteiger partial charge in [0, 0.05) is 17.8 Å². The molecule has 29 heavy (non-hydrogen) atoms. The molecule has 0 aliphatic rings. The molecule has 152 valence electrons. The molecular weight excluding hydrogens is 455 g/mol. The number of benzene rings is 1. The minimum atomic E-state index is -0.560. The van der Waals surface area contributed by atoms with Gasteiger partial charge in [0.2, 0.25) is 5.91 Å². The predicted molar refractivity (Wildman–Crippen MR) is 120 cm³/mol. The lowest BCUT2D eigenvalue weighted by atomic mass is 10.2. The number of halogens is 3. The fourth-order valence-corrected chi connectivity index (χ4v) is 4.15. The van der Waals surface area contributed by atoms with Crippen molar-refractivity contribution in [1.29, 1.82) is 0 Å². The number of carbonyl (C=O) groups is 1. The second-order valence-electron chi connectivity index (χ2n) is 6.25. The number of nitrogens with one attached hydrogen (secondary N) is 1. The van der Waals surface area contributed by atoms with Gasteiger partial charge in [-0.15, -0.1) is 0 Å². The summed E-state index contributed by atoms with van der Waals surface area (Å²) in [5.41, 5.74) is 0.332. The first-order valence-electron chi connectivity index (χ1n) is 8.78. The van der Waals surface area contributed by atoms with Crippen LogP contribution < -0.4 is 10.9 Å². The van der Waals surface area contributed by atoms with E-state index < -0.39 is 5.25 Å². The molecule has 0 radical (unpaired) electrons. The Bertz CT molecular complexity index is 1140. The van der Waals surface area contributed by atoms with Gasteiger partial charge in [0.25, 0.3) is 5.56 Å². The van der Waals surface area contributed by atoms with Gasteiger partial charge >= 0.3 is 0 Å². The van der Waals surface area contributed by atoms with Gasteiger partial charge in [0.05, 0.1) is 26.2 Å². The number of anilines is 1. The van der Waals surface area contributed by atoms with Crippen LogP contribution in [0.25, 0.3) is 10.9 Å². The Morgan fingerprint density at radius 3 is 2.69 bits per heavy atom. The Balaban J connectivity index is 1.90. The molecule has 0 aliphatic carbocycles. The van der Waals surface area contributed by atoms with Crippen LogP contribution in [-0.2, 0) is 11.3 Å². The largest absolute Gasteiger partial charge is 0.308 e. The smallest absolute Gasteiger partial charge is 0.262 e. The highest BCUT2D eigenvalue weighted by Gasteiger charge is 2.20. The fourth-order valence-electron chi connectivity index (χ4n) is 2.62. The number of pyridine rings is 1. The highest BCUT2D eigenvalue weighted by Crippen LogP contribution is 2.27. The van der Waals surface area contributed by atoms with E-state index in [2.05, 4.69) is 15.3 Å². The van der Waals surface area contributed by atoms with Crippen molar-refractivity contribution >= 4 is 69.2 Å². The second kappa shape index (κ2) is 9.34. The Hall–Kier alpha value is -1.80. The van der Waals surface area contributed by atoms with Crippen LogP contribution in [0.1, 0.15) is 20.3 Å². The van der Waals surface area contributed by atoms with Crippen LogP contribution in [-0.4, -0.2) is 25.7 Å². The third-order valence-corrected chi connectivity index (χ3v) is 5.85. The van der Waals surface area contributed by atoms with Crippen molar-refractivity contribution in [3.05, 3.63) is 55.9 Å². The lowest BCUT2D eigenvalue weighted by molar-refractivity contribution is -0.115. The number of amides is 1. The van der Waals surface area contributed by atoms with Crippen molar-refractivity contribution in [2.45, 2.75) is 37.2 Å². The Morgan fingerprint density at radius 1 is 1.24 bits per heavy atom. The summed E-state index contributed by atoms with van der Waals surface area (Å²) in [4.78, 5) is 34.1. The van der Waals surface area contributed by atoms with E-state index in [1.807, 2.05) is 6.92 Å². The molecule has 1 atom stereocenters. The van der Waals surface area contributed by atoms with E-state index in [9.17, 15) is 9.59 Å². The number of hydrogen-bond acceptors (Lipinski definition) is 5. The molecule has 2 aromatic heterocycles. The van der Waals surface area contributed by atoms with Crippen molar-refractivity contribution in [2.75, 3.05) is 5.32 Å². The van der Waals surface area contributed by atoms with Crippen LogP contribution in [0.3, 0.4) is 0 Å². The molecule has 3 rings (SSSR count). The molecule has 0 saturated carbocycles. The van der Waals surface area contributed by atoms with E-state index in [0.717, 1.165) is 6.42 Å². The third-order valence-electron chi connectivity index (χ3n) is 4.03. The molecule has 10 heteroatoms. The zero-order valence-electron chi connectivity index (χ0n) is 15.6. The zero-order chi connectivity index (χ0) is 21.1. The van der Waals surface area contributed by atoms with Gasteiger partial charge in [-0.25, -0.2) is 9.97 Å². The third kappa shape index (κ3) is 5.04. The number of thioether (sulfide) groups is 1. The topological polar surface area (TPSA) is 76.9 Å². The average Bonchev–Trinajstić information content (AvgIpc) is 2.66. The number of rotatable bonds is 6. The van der Waals surface area contributed by atoms with Crippen molar-refractivity contribution < 1.29 is 4.79 Å². The highest BCUT2D eigenvalue weighted by atomic mass is 35.5. The standard InChI is InChI=1S/C19H17Cl3N4O2S/c1-3-6-26-18(28)13-5-4-11(20)8-15(13)24-19(26)29-10(2)17(27)25-16-14(22)7-12(21)9-23-16/h4-5,7-10H,3,6H2,1-2H3,(H,23,25,27). The zero-order valence-corrected chi connectivity index (χ0v) is 18.7. The number of hydrogen-bond donors (Lipinski definition) is 1. The predicted octanol–water partition coefficient (Wildman–Crippen LogP) is 5.28. The lowest BCUT2D eigenvalue weighted by Gasteiger charge is -2.16. The van der Waals surface area contributed by atoms with Crippen LogP contribution in [0.5, 0.6) is 0 Å². The van der Waals surface area contributed by atoms with E-state index in [1.54, 1.807) is 29.7 Å². The van der Waals surface area contributed by atoms with Gasteiger partial charge in [0.1, 0.15) is 0 Å². The summed E-state index contributed by atoms with van der Waals surface area (Å²) in [5.74, 6) is -0.104. The van der Waals surface area contributed by atoms with Crippen molar-refractivity contribution in [1.82, 2.24) is 14.5 Å². The first-order chi connectivity index (χ1) is 13.8. The van der Waals surface area contributed by atoms with Crippen LogP contribution >= 0.6 is 46.6 Å². The molecule has 1 N–H and O–H groups in total. The van der Waals surface area contributed by atoms with E-state index >= 15 is 0 Å². The monoisotopic (exact) mass is 470 g/mol. The minimum Gasteiger partial charge on any atom is -0.308 e. The van der Waals surface area contributed by atoms with Crippen LogP contribution in [0.2, 0.25) is 15.1 Å². The molecule has 0 saturated heterocycles. The number of fused-ring (bicyclic) bond motifs is 1. The first-order valence-corrected chi connectivity index (χ1v) is 10.8. The van der Waals surface area contributed by atoms with Gasteiger partial charge in [-0.2, -0.15) is 0 Å². The van der Waals surface area contributed by atoms with Crippen LogP contribution in [0, 0.1) is 0 Å². The van der Waals surface area contributed by atoms with E-state index in [1.165, 1.54) is 24.0 Å². The van der Waals surface area contributed by atoms with E-state index in [4.69, 9.17) is 34.8 Å². The maximum Gasteiger partial charge on any atom is 0.262 e. The maximum absolute atomic E-state index is 12.9. The number of carbonyl (C=O) groups excluding carboxylic acids is 1. The molecule has 3 aromatic rings. The molecule has 6 nitrogen and oxygen atoms in total. The molecule has 1 amide bonds. The molecule has 1 unspecified atom stereocenters. The molecule has 0 bridgehead atoms. The highest BCUT2D eigenvalue weighted by molar-refractivity contribution is 8.00. The number of aromatic nitrogens is 3. The SMILES string of the molecule is CCCn1c(SC(C)C(=O)Nc2ncc(Cl)cc2Cl)nc2cc(Cl)ccc2c1=O. The van der Waals surface area contributed by atoms with Gasteiger partial charge in [-0.3, -0.25) is 14.2 Å². The Kier molecular flexibility index (Phi) is 7.05. The van der Waals surface area contributed by atoms with Gasteiger partial charge in [0.15, 0.2) is 11.0 Å². The van der Waals surface area contributed by atoms with Gasteiger partial charge < -0.3 is 5.32 Å². The summed E-state index contributed by atoms with van der Waals surface area (Å²) in [6.45, 7) is 4.18. The summed E-state index contributed by atoms with van der Waals surface area (Å²) in [6, 6.07) is 6.46. The lowest BCUT2D eigenvalue weighted by Crippen LogP contribution is -2.27. The fraction of sp³-hybridized carbons (Fsp3) is 0.263. The number of nitrogens with zero attached hydrogens (tertiary/aromatic N) is 3. The second-order valence-corrected chi connectivity index (χ2v) is 8.83. The molecular formula is C19H17Cl3N4O2S. The van der Waals surface area contributed by atoms with Crippen molar-refractivity contribution in [2.24, 2.45) is 0 Å². The summed E-state index contributed by atoms with van der Waals surface area (Å²) in [7, 11) is 0. The summed E-state index contributed by atoms with van der Waals surface area (Å²) < 4.78 is 1.58. The Morgan fingerprint density at radius 2 is 2.00 bits per heavy atom. The average molecular weight is 472 g/mol. The molecule has 1 aromatic carbocycles. The normalized spacial score (nSPS) is 12.2. The van der Waals surface area contributed by atoms with E-state index in [0.29, 0.717) is 32.6 Å². The summed E-state index contributed by atoms with van der Waals surface area (Å²) in [6.07, 6.45) is 2.15. The molecule has 0 fully saturated rings. The molecule has 0 aliphatic heterocycles. The summed E-state index contributed by atoms with van der Waals surface area (Å²) >= 11 is 19.1. The maximum atomic E-state index is 12.9.